The van der Waals surface area contributed by atoms with Crippen molar-refractivity contribution >= 4 is 5.97 Å². The summed E-state index contributed by atoms with van der Waals surface area (Å²) in [6, 6.07) is 5.73. The van der Waals surface area contributed by atoms with E-state index in [0.717, 1.165) is 24.0 Å². The second-order valence-corrected chi connectivity index (χ2v) is 6.28. The van der Waals surface area contributed by atoms with Gasteiger partial charge in [0.2, 0.25) is 0 Å². The first kappa shape index (κ1) is 29.4. The van der Waals surface area contributed by atoms with Crippen LogP contribution < -0.4 is 0 Å². The van der Waals surface area contributed by atoms with E-state index in [-0.39, 0.29) is 12.8 Å². The van der Waals surface area contributed by atoms with Crippen molar-refractivity contribution in [3.63, 3.8) is 0 Å². The summed E-state index contributed by atoms with van der Waals surface area (Å²) in [6.45, 7) is 6.25. The van der Waals surface area contributed by atoms with Crippen LogP contribution in [0.4, 0.5) is 0 Å². The number of carbonyl (C=O) groups is 1. The number of carboxylic acids is 1. The van der Waals surface area contributed by atoms with E-state index in [2.05, 4.69) is 84.9 Å². The summed E-state index contributed by atoms with van der Waals surface area (Å²) >= 11 is 0. The number of benzene rings is 1. The van der Waals surface area contributed by atoms with E-state index >= 15 is 0 Å². The second kappa shape index (κ2) is 20.9. The van der Waals surface area contributed by atoms with Gasteiger partial charge in [0.15, 0.2) is 0 Å². The maximum absolute atomic E-state index is 11.0. The molecule has 0 heterocycles. The molecule has 4 nitrogen and oxygen atoms in total. The summed E-state index contributed by atoms with van der Waals surface area (Å²) < 4.78 is 0. The van der Waals surface area contributed by atoms with Gasteiger partial charge in [-0.25, -0.2) is 4.79 Å². The van der Waals surface area contributed by atoms with Gasteiger partial charge in [-0.2, -0.15) is 0 Å². The Labute approximate surface area is 204 Å². The number of hydrogen-bond donors (Lipinski definition) is 1. The number of aromatic carboxylic acids is 1. The van der Waals surface area contributed by atoms with E-state index in [1.807, 2.05) is 19.1 Å². The van der Waals surface area contributed by atoms with Crippen molar-refractivity contribution in [2.75, 3.05) is 0 Å². The van der Waals surface area contributed by atoms with Crippen LogP contribution in [-0.2, 0) is 6.42 Å². The molecule has 1 rings (SSSR count). The maximum Gasteiger partial charge on any atom is 0.335 e. The Morgan fingerprint density at radius 1 is 0.906 bits per heavy atom. The van der Waals surface area contributed by atoms with Gasteiger partial charge in [0.05, 0.1) is 5.56 Å². The molecule has 0 saturated carbocycles. The van der Waals surface area contributed by atoms with Crippen LogP contribution in [0.25, 0.3) is 0 Å². The fraction of sp³-hybridized carbons (Fsp3) is 0.250. The zero-order chi connectivity index (χ0) is 24.6. The fourth-order valence-corrected chi connectivity index (χ4v) is 2.09. The molecule has 0 bridgehead atoms. The molecule has 1 aromatic rings. The van der Waals surface area contributed by atoms with E-state index in [4.69, 9.17) is 27.9 Å². The molecular weight excluding hydrogens is 400 g/mol. The predicted octanol–water partition coefficient (Wildman–Crippen LogP) is 6.22. The van der Waals surface area contributed by atoms with Gasteiger partial charge in [0, 0.05) is 22.8 Å². The van der Waals surface area contributed by atoms with Crippen LogP contribution in [0.2, 0.25) is 0 Å². The summed E-state index contributed by atoms with van der Waals surface area (Å²) in [7, 11) is 0. The highest BCUT2D eigenvalue weighted by atomic mass is 16.7. The van der Waals surface area contributed by atoms with Crippen molar-refractivity contribution in [2.24, 2.45) is 5.92 Å². The normalized spacial score (nSPS) is 7.06. The van der Waals surface area contributed by atoms with Crippen LogP contribution in [0.5, 0.6) is 0 Å². The molecule has 32 heavy (non-hydrogen) atoms. The highest BCUT2D eigenvalue weighted by Gasteiger charge is 2.07. The lowest BCUT2D eigenvalue weighted by molar-refractivity contribution is 0.0696. The first-order chi connectivity index (χ1) is 15.4. The lowest BCUT2D eigenvalue weighted by Crippen LogP contribution is -2.01. The third kappa shape index (κ3) is 17.3. The number of carboxylic acid groups (broad SMARTS) is 1. The van der Waals surface area contributed by atoms with Crippen molar-refractivity contribution in [1.29, 1.82) is 0 Å². The van der Waals surface area contributed by atoms with Gasteiger partial charge >= 0.3 is 5.97 Å². The first-order valence-electron chi connectivity index (χ1n) is 9.33. The number of hydrogen-bond acceptors (Lipinski definition) is 3. The first-order valence-corrected chi connectivity index (χ1v) is 9.33. The zero-order valence-corrected chi connectivity index (χ0v) is 18.3. The molecule has 0 spiro atoms. The Bertz CT molecular complexity index is 1120. The molecule has 0 unspecified atom stereocenters. The van der Waals surface area contributed by atoms with Gasteiger partial charge in [-0.05, 0) is 114 Å². The topological polar surface area (TPSA) is 71.4 Å². The second-order valence-electron chi connectivity index (χ2n) is 6.28. The standard InChI is InChI=1S/C14H20O2.C14H2.O2.9H2/c1-10(2)5-4-6-12-8-7-11(3)13(9-12)14(15)16;1-3-5-7-9-11-13-14-12-10-8-6-4-2;1-2;;;;;;;;;/h7-10H,4-6H2,1-3H3,(H,15,16);1-2H;;9*1H. The van der Waals surface area contributed by atoms with Crippen LogP contribution in [0, 0.1) is 107 Å². The van der Waals surface area contributed by atoms with Crippen molar-refractivity contribution < 1.29 is 22.7 Å². The number of terminal acetylenes is 2. The van der Waals surface area contributed by atoms with Gasteiger partial charge in [0.25, 0.3) is 0 Å². The average Bonchev–Trinajstić information content (AvgIpc) is 2.77. The molecule has 0 fully saturated rings. The van der Waals surface area contributed by atoms with Crippen molar-refractivity contribution in [3.05, 3.63) is 44.8 Å². The van der Waals surface area contributed by atoms with E-state index < -0.39 is 5.97 Å². The molecule has 0 amide bonds. The van der Waals surface area contributed by atoms with Crippen LogP contribution in [0.3, 0.4) is 0 Å². The molecule has 0 aromatic heterocycles. The SMILES string of the molecule is C#CC#CC#CC#CC#CC#CC#C.Cc1ccc(CCCC(C)C)cc1C(=O)O.O=O.[HH].[HH].[HH].[HH].[HH].[HH].[HH].[HH].[HH]. The third-order valence-corrected chi connectivity index (χ3v) is 3.49. The molecule has 176 valence electrons. The van der Waals surface area contributed by atoms with Crippen molar-refractivity contribution in [2.45, 2.75) is 40.0 Å². The van der Waals surface area contributed by atoms with Crippen molar-refractivity contribution in [1.82, 2.24) is 0 Å². The van der Waals surface area contributed by atoms with Gasteiger partial charge in [-0.1, -0.05) is 32.4 Å². The minimum Gasteiger partial charge on any atom is -0.478 e. The number of aryl methyl sites for hydroxylation is 2. The third-order valence-electron chi connectivity index (χ3n) is 3.49. The Morgan fingerprint density at radius 3 is 1.72 bits per heavy atom. The maximum atomic E-state index is 11.0. The highest BCUT2D eigenvalue weighted by Crippen LogP contribution is 2.15. The molecule has 0 aliphatic heterocycles. The van der Waals surface area contributed by atoms with Crippen LogP contribution >= 0.6 is 0 Å². The smallest absolute Gasteiger partial charge is 0.335 e. The number of rotatable bonds is 5. The molecule has 0 aliphatic rings. The summed E-state index contributed by atoms with van der Waals surface area (Å²) in [5, 5.41) is 9.00. The minimum absolute atomic E-state index is 0. The minimum atomic E-state index is -0.830. The van der Waals surface area contributed by atoms with Gasteiger partial charge in [0.1, 0.15) is 0 Å². The fourth-order valence-electron chi connectivity index (χ4n) is 2.09. The molecule has 4 heteroatoms. The monoisotopic (exact) mass is 440 g/mol. The Hall–Kier alpha value is -4.79. The summed E-state index contributed by atoms with van der Waals surface area (Å²) in [4.78, 5) is 25.0. The van der Waals surface area contributed by atoms with E-state index in [1.165, 1.54) is 6.42 Å². The Kier molecular flexibility index (Phi) is 19.2. The van der Waals surface area contributed by atoms with Crippen LogP contribution in [-0.4, -0.2) is 11.1 Å². The highest BCUT2D eigenvalue weighted by molar-refractivity contribution is 5.89. The summed E-state index contributed by atoms with van der Waals surface area (Å²) in [5.41, 5.74) is 2.39. The summed E-state index contributed by atoms with van der Waals surface area (Å²) in [5.74, 6) is 28.2. The lowest BCUT2D eigenvalue weighted by atomic mass is 9.99. The molecule has 1 N–H and O–H groups in total. The van der Waals surface area contributed by atoms with Crippen LogP contribution in [0.1, 0.15) is 61.0 Å². The Morgan fingerprint density at radius 2 is 1.34 bits per heavy atom. The zero-order valence-electron chi connectivity index (χ0n) is 18.3. The molecule has 1 aromatic carbocycles. The molecular formula is C28H40O4. The molecule has 0 atom stereocenters. The van der Waals surface area contributed by atoms with E-state index in [1.54, 1.807) is 6.07 Å². The molecule has 0 radical (unpaired) electrons. The van der Waals surface area contributed by atoms with Crippen molar-refractivity contribution in [3.8, 4) is 83.9 Å². The average molecular weight is 441 g/mol. The van der Waals surface area contributed by atoms with E-state index in [0.29, 0.717) is 11.5 Å². The lowest BCUT2D eigenvalue weighted by Gasteiger charge is -2.07. The predicted molar refractivity (Wildman–Crippen MR) is 148 cm³/mol. The Balaban J connectivity index is -0.0000000382. The van der Waals surface area contributed by atoms with Crippen LogP contribution in [0.15, 0.2) is 18.2 Å². The largest absolute Gasteiger partial charge is 0.478 e. The quantitative estimate of drug-likeness (QED) is 0.552. The molecule has 0 aliphatic carbocycles. The molecule has 0 saturated heterocycles. The van der Waals surface area contributed by atoms with E-state index in [9.17, 15) is 4.79 Å². The summed E-state index contributed by atoms with van der Waals surface area (Å²) in [6.07, 6.45) is 13.0. The van der Waals surface area contributed by atoms with Gasteiger partial charge in [-0.3, -0.25) is 0 Å². The van der Waals surface area contributed by atoms with Gasteiger partial charge < -0.3 is 5.11 Å². The van der Waals surface area contributed by atoms with Gasteiger partial charge in [-0.15, -0.1) is 12.8 Å².